The first kappa shape index (κ1) is 18.8. The zero-order chi connectivity index (χ0) is 16.7. The van der Waals surface area contributed by atoms with Gasteiger partial charge in [0.15, 0.2) is 0 Å². The molecule has 5 heteroatoms. The van der Waals surface area contributed by atoms with E-state index in [1.807, 2.05) is 6.08 Å². The van der Waals surface area contributed by atoms with E-state index in [0.29, 0.717) is 25.0 Å². The average molecular weight is 311 g/mol. The highest BCUT2D eigenvalue weighted by Crippen LogP contribution is 2.30. The fourth-order valence-corrected chi connectivity index (χ4v) is 2.86. The second kappa shape index (κ2) is 9.06. The number of carbonyl (C=O) groups is 2. The third-order valence-corrected chi connectivity index (χ3v) is 4.11. The van der Waals surface area contributed by atoms with Gasteiger partial charge in [-0.3, -0.25) is 0 Å². The summed E-state index contributed by atoms with van der Waals surface area (Å²) in [7, 11) is 0. The van der Waals surface area contributed by atoms with Gasteiger partial charge in [0, 0.05) is 24.0 Å². The minimum atomic E-state index is -0.336. The topological polar surface area (TPSA) is 78.6 Å². The van der Waals surface area contributed by atoms with Crippen molar-refractivity contribution in [1.82, 2.24) is 0 Å². The van der Waals surface area contributed by atoms with Crippen LogP contribution in [0.25, 0.3) is 0 Å². The number of hydrogen-bond donors (Lipinski definition) is 1. The van der Waals surface area contributed by atoms with Crippen LogP contribution < -0.4 is 5.73 Å². The lowest BCUT2D eigenvalue weighted by Gasteiger charge is -2.36. The van der Waals surface area contributed by atoms with Crippen molar-refractivity contribution in [3.63, 3.8) is 0 Å². The highest BCUT2D eigenvalue weighted by molar-refractivity contribution is 5.89. The standard InChI is InChI=1S/C17H29NO4/c1-5-13(6-2)22-16-10-12(17(20)21-7-3)9-15(18)14(16)8-11(4)19/h10,13-16H,5-9,18H2,1-4H3. The maximum Gasteiger partial charge on any atom is 0.333 e. The Kier molecular flexibility index (Phi) is 7.76. The van der Waals surface area contributed by atoms with E-state index in [1.165, 1.54) is 0 Å². The number of Topliss-reactive ketones (excluding diaryl/α,β-unsaturated/α-hetero) is 1. The molecule has 0 saturated heterocycles. The van der Waals surface area contributed by atoms with Crippen LogP contribution in [0.1, 0.15) is 53.4 Å². The van der Waals surface area contributed by atoms with Gasteiger partial charge < -0.3 is 20.0 Å². The van der Waals surface area contributed by atoms with Crippen LogP contribution in [0.5, 0.6) is 0 Å². The molecule has 22 heavy (non-hydrogen) atoms. The largest absolute Gasteiger partial charge is 0.463 e. The van der Waals surface area contributed by atoms with Crippen LogP contribution in [0.2, 0.25) is 0 Å². The molecule has 0 spiro atoms. The number of ketones is 1. The van der Waals surface area contributed by atoms with Crippen LogP contribution in [0.15, 0.2) is 11.6 Å². The normalized spacial score (nSPS) is 25.0. The SMILES string of the molecule is CCOC(=O)C1=CC(OC(CC)CC)C(CC(C)=O)C(N)C1. The number of esters is 1. The van der Waals surface area contributed by atoms with Crippen molar-refractivity contribution in [2.45, 2.75) is 71.6 Å². The second-order valence-corrected chi connectivity index (χ2v) is 5.89. The summed E-state index contributed by atoms with van der Waals surface area (Å²) in [5, 5.41) is 0. The first-order chi connectivity index (χ1) is 10.4. The lowest BCUT2D eigenvalue weighted by Crippen LogP contribution is -2.45. The summed E-state index contributed by atoms with van der Waals surface area (Å²) in [5.74, 6) is -0.333. The molecule has 0 aromatic heterocycles. The van der Waals surface area contributed by atoms with Gasteiger partial charge in [-0.25, -0.2) is 4.79 Å². The quantitative estimate of drug-likeness (QED) is 0.696. The molecule has 0 saturated carbocycles. The molecule has 0 aromatic carbocycles. The number of nitrogens with two attached hydrogens (primary N) is 1. The molecule has 1 aliphatic rings. The van der Waals surface area contributed by atoms with E-state index < -0.39 is 0 Å². The molecule has 3 unspecified atom stereocenters. The van der Waals surface area contributed by atoms with Crippen molar-refractivity contribution in [1.29, 1.82) is 0 Å². The van der Waals surface area contributed by atoms with E-state index in [2.05, 4.69) is 13.8 Å². The number of rotatable bonds is 8. The van der Waals surface area contributed by atoms with Gasteiger partial charge in [-0.1, -0.05) is 13.8 Å². The Morgan fingerprint density at radius 2 is 1.95 bits per heavy atom. The third-order valence-electron chi connectivity index (χ3n) is 4.11. The van der Waals surface area contributed by atoms with Crippen LogP contribution in [0, 0.1) is 5.92 Å². The molecule has 0 bridgehead atoms. The number of ether oxygens (including phenoxy) is 2. The summed E-state index contributed by atoms with van der Waals surface area (Å²) in [4.78, 5) is 23.5. The molecule has 0 aromatic rings. The Bertz CT molecular complexity index is 415. The van der Waals surface area contributed by atoms with E-state index in [9.17, 15) is 9.59 Å². The van der Waals surface area contributed by atoms with Crippen molar-refractivity contribution in [2.75, 3.05) is 6.61 Å². The molecule has 0 heterocycles. The summed E-state index contributed by atoms with van der Waals surface area (Å²) in [5.41, 5.74) is 6.78. The fourth-order valence-electron chi connectivity index (χ4n) is 2.86. The van der Waals surface area contributed by atoms with E-state index in [4.69, 9.17) is 15.2 Å². The van der Waals surface area contributed by atoms with Crippen LogP contribution in [0.4, 0.5) is 0 Å². The summed E-state index contributed by atoms with van der Waals surface area (Å²) in [6.45, 7) is 7.80. The Labute approximate surface area is 133 Å². The molecule has 0 fully saturated rings. The van der Waals surface area contributed by atoms with E-state index in [-0.39, 0.29) is 35.9 Å². The van der Waals surface area contributed by atoms with Gasteiger partial charge in [0.25, 0.3) is 0 Å². The fraction of sp³-hybridized carbons (Fsp3) is 0.765. The molecule has 126 valence electrons. The molecular formula is C17H29NO4. The van der Waals surface area contributed by atoms with E-state index >= 15 is 0 Å². The second-order valence-electron chi connectivity index (χ2n) is 5.89. The minimum Gasteiger partial charge on any atom is -0.463 e. The smallest absolute Gasteiger partial charge is 0.333 e. The van der Waals surface area contributed by atoms with Gasteiger partial charge in [0.05, 0.1) is 18.8 Å². The van der Waals surface area contributed by atoms with Crippen molar-refractivity contribution < 1.29 is 19.1 Å². The van der Waals surface area contributed by atoms with Gasteiger partial charge in [0.2, 0.25) is 0 Å². The van der Waals surface area contributed by atoms with E-state index in [0.717, 1.165) is 12.8 Å². The molecule has 5 nitrogen and oxygen atoms in total. The van der Waals surface area contributed by atoms with E-state index in [1.54, 1.807) is 13.8 Å². The lowest BCUT2D eigenvalue weighted by molar-refractivity contribution is -0.139. The predicted octanol–water partition coefficient (Wildman–Crippen LogP) is 2.38. The summed E-state index contributed by atoms with van der Waals surface area (Å²) >= 11 is 0. The highest BCUT2D eigenvalue weighted by atomic mass is 16.5. The Hall–Kier alpha value is -1.20. The highest BCUT2D eigenvalue weighted by Gasteiger charge is 2.35. The van der Waals surface area contributed by atoms with Crippen LogP contribution >= 0.6 is 0 Å². The maximum atomic E-state index is 12.0. The minimum absolute atomic E-state index is 0.0868. The number of hydrogen-bond acceptors (Lipinski definition) is 5. The Morgan fingerprint density at radius 3 is 2.45 bits per heavy atom. The van der Waals surface area contributed by atoms with Crippen LogP contribution in [-0.4, -0.2) is 36.6 Å². The first-order valence-electron chi connectivity index (χ1n) is 8.21. The number of carbonyl (C=O) groups excluding carboxylic acids is 2. The van der Waals surface area contributed by atoms with Gasteiger partial charge in [0.1, 0.15) is 5.78 Å². The summed E-state index contributed by atoms with van der Waals surface area (Å²) in [6, 6.07) is -0.271. The first-order valence-corrected chi connectivity index (χ1v) is 8.21. The molecule has 1 rings (SSSR count). The Morgan fingerprint density at radius 1 is 1.32 bits per heavy atom. The third kappa shape index (κ3) is 5.21. The zero-order valence-electron chi connectivity index (χ0n) is 14.1. The van der Waals surface area contributed by atoms with Crippen molar-refractivity contribution >= 4 is 11.8 Å². The van der Waals surface area contributed by atoms with Crippen molar-refractivity contribution in [3.05, 3.63) is 11.6 Å². The molecule has 1 aliphatic carbocycles. The molecule has 3 atom stereocenters. The molecule has 0 amide bonds. The van der Waals surface area contributed by atoms with Crippen molar-refractivity contribution in [2.24, 2.45) is 11.7 Å². The van der Waals surface area contributed by atoms with Gasteiger partial charge in [-0.15, -0.1) is 0 Å². The maximum absolute atomic E-state index is 12.0. The molecule has 2 N–H and O–H groups in total. The average Bonchev–Trinajstić information content (AvgIpc) is 2.47. The van der Waals surface area contributed by atoms with Gasteiger partial charge >= 0.3 is 5.97 Å². The Balaban J connectivity index is 2.98. The van der Waals surface area contributed by atoms with Gasteiger partial charge in [-0.2, -0.15) is 0 Å². The summed E-state index contributed by atoms with van der Waals surface area (Å²) < 4.78 is 11.2. The molecular weight excluding hydrogens is 282 g/mol. The molecule has 0 radical (unpaired) electrons. The zero-order valence-corrected chi connectivity index (χ0v) is 14.1. The monoisotopic (exact) mass is 311 g/mol. The predicted molar refractivity (Wildman–Crippen MR) is 85.3 cm³/mol. The molecule has 0 aliphatic heterocycles. The van der Waals surface area contributed by atoms with Crippen LogP contribution in [-0.2, 0) is 19.1 Å². The van der Waals surface area contributed by atoms with Gasteiger partial charge in [-0.05, 0) is 39.2 Å². The summed E-state index contributed by atoms with van der Waals surface area (Å²) in [6.07, 6.45) is 4.18. The van der Waals surface area contributed by atoms with Crippen molar-refractivity contribution in [3.8, 4) is 0 Å². The van der Waals surface area contributed by atoms with Crippen LogP contribution in [0.3, 0.4) is 0 Å². The lowest BCUT2D eigenvalue weighted by atomic mass is 9.80.